The minimum absolute atomic E-state index is 0.645. The first-order valence-corrected chi connectivity index (χ1v) is 10.2. The maximum atomic E-state index is 3.42. The Bertz CT molecular complexity index is 440. The van der Waals surface area contributed by atoms with Gasteiger partial charge < -0.3 is 10.6 Å². The van der Waals surface area contributed by atoms with Crippen molar-refractivity contribution in [2.24, 2.45) is 5.92 Å². The maximum absolute atomic E-state index is 3.42. The monoisotopic (exact) mass is 330 g/mol. The van der Waals surface area contributed by atoms with Crippen LogP contribution in [0, 0.1) is 5.92 Å². The molecule has 2 nitrogen and oxygen atoms in total. The highest BCUT2D eigenvalue weighted by atomic mass is 14.9. The van der Waals surface area contributed by atoms with Crippen molar-refractivity contribution in [2.75, 3.05) is 26.2 Å². The second-order valence-corrected chi connectivity index (χ2v) is 7.85. The molecular weight excluding hydrogens is 292 g/mol. The summed E-state index contributed by atoms with van der Waals surface area (Å²) >= 11 is 0. The molecule has 2 aliphatic rings. The lowest BCUT2D eigenvalue weighted by Gasteiger charge is -2.23. The number of rotatable bonds is 4. The molecule has 2 saturated heterocycles. The Morgan fingerprint density at radius 2 is 1.83 bits per heavy atom. The fourth-order valence-electron chi connectivity index (χ4n) is 3.91. The number of benzene rings is 1. The van der Waals surface area contributed by atoms with Crippen LogP contribution in [-0.4, -0.2) is 26.2 Å². The molecule has 2 N–H and O–H groups in total. The lowest BCUT2D eigenvalue weighted by Crippen LogP contribution is -2.29. The van der Waals surface area contributed by atoms with Gasteiger partial charge in [0.25, 0.3) is 0 Å². The third-order valence-electron chi connectivity index (χ3n) is 5.48. The van der Waals surface area contributed by atoms with Crippen LogP contribution in [0.5, 0.6) is 0 Å². The standard InChI is InChI=1S/C14H21N.C8H17N/c1-11(2)13-4-3-5-14(10-13)12-6-8-15-9-7-12;1-2-4-8-5-3-6-9-7-8/h3-5,10-12,15H,6-9H2,1-2H3;8-9H,2-7H2,1H3. The van der Waals surface area contributed by atoms with Gasteiger partial charge in [0.2, 0.25) is 0 Å². The Hall–Kier alpha value is -0.860. The van der Waals surface area contributed by atoms with E-state index in [4.69, 9.17) is 0 Å². The quantitative estimate of drug-likeness (QED) is 0.806. The first kappa shape index (κ1) is 19.5. The summed E-state index contributed by atoms with van der Waals surface area (Å²) in [5, 5.41) is 6.84. The Morgan fingerprint density at radius 1 is 1.04 bits per heavy atom. The van der Waals surface area contributed by atoms with Gasteiger partial charge in [-0.3, -0.25) is 0 Å². The summed E-state index contributed by atoms with van der Waals surface area (Å²) in [6, 6.07) is 9.16. The normalized spacial score (nSPS) is 22.1. The minimum Gasteiger partial charge on any atom is -0.317 e. The lowest BCUT2D eigenvalue weighted by atomic mass is 9.88. The molecule has 3 rings (SSSR count). The Morgan fingerprint density at radius 3 is 2.46 bits per heavy atom. The smallest absolute Gasteiger partial charge is 0.00205 e. The van der Waals surface area contributed by atoms with E-state index in [9.17, 15) is 0 Å². The molecule has 1 aromatic carbocycles. The molecule has 0 radical (unpaired) electrons. The van der Waals surface area contributed by atoms with Gasteiger partial charge >= 0.3 is 0 Å². The van der Waals surface area contributed by atoms with Crippen LogP contribution in [0.25, 0.3) is 0 Å². The van der Waals surface area contributed by atoms with E-state index in [0.717, 1.165) is 11.8 Å². The average Bonchev–Trinajstić information content (AvgIpc) is 2.64. The van der Waals surface area contributed by atoms with E-state index in [2.05, 4.69) is 55.7 Å². The zero-order valence-corrected chi connectivity index (χ0v) is 16.1. The highest BCUT2D eigenvalue weighted by Gasteiger charge is 2.15. The molecular formula is C22H38N2. The molecule has 0 amide bonds. The Kier molecular flexibility index (Phi) is 8.83. The zero-order chi connectivity index (χ0) is 17.2. The molecule has 1 unspecified atom stereocenters. The number of hydrogen-bond donors (Lipinski definition) is 2. The van der Waals surface area contributed by atoms with E-state index in [0.29, 0.717) is 5.92 Å². The van der Waals surface area contributed by atoms with Crippen LogP contribution in [-0.2, 0) is 0 Å². The number of hydrogen-bond acceptors (Lipinski definition) is 2. The van der Waals surface area contributed by atoms with E-state index in [-0.39, 0.29) is 0 Å². The van der Waals surface area contributed by atoms with Crippen LogP contribution in [0.4, 0.5) is 0 Å². The molecule has 0 saturated carbocycles. The van der Waals surface area contributed by atoms with Gasteiger partial charge in [0.05, 0.1) is 0 Å². The molecule has 0 aromatic heterocycles. The second kappa shape index (κ2) is 10.9. The van der Waals surface area contributed by atoms with Crippen molar-refractivity contribution in [3.05, 3.63) is 35.4 Å². The van der Waals surface area contributed by atoms with Gasteiger partial charge in [-0.1, -0.05) is 51.5 Å². The molecule has 2 heteroatoms. The number of piperidine rings is 2. The molecule has 136 valence electrons. The van der Waals surface area contributed by atoms with E-state index >= 15 is 0 Å². The first-order valence-electron chi connectivity index (χ1n) is 10.2. The second-order valence-electron chi connectivity index (χ2n) is 7.85. The third-order valence-corrected chi connectivity index (χ3v) is 5.48. The largest absolute Gasteiger partial charge is 0.317 e. The topological polar surface area (TPSA) is 24.1 Å². The van der Waals surface area contributed by atoms with E-state index in [1.54, 1.807) is 5.56 Å². The highest BCUT2D eigenvalue weighted by Crippen LogP contribution is 2.27. The molecule has 0 aliphatic carbocycles. The van der Waals surface area contributed by atoms with Crippen molar-refractivity contribution in [1.82, 2.24) is 10.6 Å². The van der Waals surface area contributed by atoms with Crippen molar-refractivity contribution in [3.8, 4) is 0 Å². The molecule has 2 fully saturated rings. The average molecular weight is 331 g/mol. The zero-order valence-electron chi connectivity index (χ0n) is 16.1. The van der Waals surface area contributed by atoms with Crippen LogP contribution in [0.2, 0.25) is 0 Å². The molecule has 0 spiro atoms. The molecule has 0 bridgehead atoms. The van der Waals surface area contributed by atoms with Gasteiger partial charge in [-0.15, -0.1) is 0 Å². The van der Waals surface area contributed by atoms with Gasteiger partial charge in [0.1, 0.15) is 0 Å². The molecule has 2 aliphatic heterocycles. The van der Waals surface area contributed by atoms with Crippen molar-refractivity contribution < 1.29 is 0 Å². The summed E-state index contributed by atoms with van der Waals surface area (Å²) < 4.78 is 0. The van der Waals surface area contributed by atoms with E-state index in [1.807, 2.05) is 0 Å². The van der Waals surface area contributed by atoms with Crippen molar-refractivity contribution in [2.45, 2.75) is 71.1 Å². The molecule has 1 atom stereocenters. The predicted octanol–water partition coefficient (Wildman–Crippen LogP) is 5.06. The van der Waals surface area contributed by atoms with Gasteiger partial charge in [-0.05, 0) is 87.2 Å². The van der Waals surface area contributed by atoms with Crippen molar-refractivity contribution in [3.63, 3.8) is 0 Å². The Balaban J connectivity index is 0.000000198. The maximum Gasteiger partial charge on any atom is -0.00205 e. The van der Waals surface area contributed by atoms with Crippen LogP contribution in [0.1, 0.15) is 82.3 Å². The van der Waals surface area contributed by atoms with Crippen molar-refractivity contribution >= 4 is 0 Å². The van der Waals surface area contributed by atoms with Crippen LogP contribution < -0.4 is 10.6 Å². The van der Waals surface area contributed by atoms with Gasteiger partial charge in [0.15, 0.2) is 0 Å². The van der Waals surface area contributed by atoms with Gasteiger partial charge in [-0.2, -0.15) is 0 Å². The summed E-state index contributed by atoms with van der Waals surface area (Å²) in [5.41, 5.74) is 3.02. The summed E-state index contributed by atoms with van der Waals surface area (Å²) in [5.74, 6) is 2.42. The lowest BCUT2D eigenvalue weighted by molar-refractivity contribution is 0.355. The van der Waals surface area contributed by atoms with Crippen LogP contribution >= 0.6 is 0 Å². The van der Waals surface area contributed by atoms with Crippen LogP contribution in [0.15, 0.2) is 24.3 Å². The molecule has 2 heterocycles. The third kappa shape index (κ3) is 6.57. The molecule has 1 aromatic rings. The molecule has 24 heavy (non-hydrogen) atoms. The SMILES string of the molecule is CC(C)c1cccc(C2CCNCC2)c1.CCCC1CCCNC1. The Labute approximate surface area is 149 Å². The van der Waals surface area contributed by atoms with Gasteiger partial charge in [0, 0.05) is 0 Å². The summed E-state index contributed by atoms with van der Waals surface area (Å²) in [4.78, 5) is 0. The van der Waals surface area contributed by atoms with Crippen molar-refractivity contribution in [1.29, 1.82) is 0 Å². The minimum atomic E-state index is 0.645. The summed E-state index contributed by atoms with van der Waals surface area (Å²) in [7, 11) is 0. The predicted molar refractivity (Wildman–Crippen MR) is 106 cm³/mol. The fraction of sp³-hybridized carbons (Fsp3) is 0.727. The van der Waals surface area contributed by atoms with E-state index < -0.39 is 0 Å². The van der Waals surface area contributed by atoms with Gasteiger partial charge in [-0.25, -0.2) is 0 Å². The summed E-state index contributed by atoms with van der Waals surface area (Å²) in [6.45, 7) is 11.7. The van der Waals surface area contributed by atoms with E-state index in [1.165, 1.54) is 70.3 Å². The fourth-order valence-corrected chi connectivity index (χ4v) is 3.91. The highest BCUT2D eigenvalue weighted by molar-refractivity contribution is 5.28. The first-order chi connectivity index (χ1) is 11.7. The number of nitrogens with one attached hydrogen (secondary N) is 2. The van der Waals surface area contributed by atoms with Crippen LogP contribution in [0.3, 0.4) is 0 Å². The summed E-state index contributed by atoms with van der Waals surface area (Å²) in [6.07, 6.45) is 8.22.